The first kappa shape index (κ1) is 15.7. The molecule has 1 aromatic rings. The Kier molecular flexibility index (Phi) is 5.76. The number of hydrogen-bond acceptors (Lipinski definition) is 5. The molecule has 0 aromatic carbocycles. The number of ether oxygens (including phenoxy) is 2. The largest absolute Gasteiger partial charge is 0.464 e. The molecule has 5 nitrogen and oxygen atoms in total. The number of halogens is 2. The van der Waals surface area contributed by atoms with Gasteiger partial charge in [0.05, 0.1) is 19.3 Å². The summed E-state index contributed by atoms with van der Waals surface area (Å²) < 4.78 is 33.6. The fraction of sp³-hybridized carbons (Fsp3) is 0.308. The molecule has 0 aliphatic heterocycles. The van der Waals surface area contributed by atoms with Crippen LogP contribution in [-0.4, -0.2) is 30.6 Å². The van der Waals surface area contributed by atoms with Gasteiger partial charge in [-0.15, -0.1) is 0 Å². The van der Waals surface area contributed by atoms with Gasteiger partial charge >= 0.3 is 11.9 Å². The minimum Gasteiger partial charge on any atom is -0.464 e. The molecule has 1 heterocycles. The molecule has 0 N–H and O–H groups in total. The standard InChI is InChI=1S/C13H13F2NO4/c1-8(11(14)15)5-7-20-12(17)9-4-3-6-16-10(9)13(18)19-2/h3-4,6H,5,7H2,1-2H3. The van der Waals surface area contributed by atoms with Gasteiger partial charge in [-0.2, -0.15) is 8.78 Å². The molecule has 0 saturated heterocycles. The van der Waals surface area contributed by atoms with Crippen LogP contribution < -0.4 is 0 Å². The monoisotopic (exact) mass is 285 g/mol. The zero-order chi connectivity index (χ0) is 15.1. The van der Waals surface area contributed by atoms with Gasteiger partial charge in [-0.05, 0) is 24.6 Å². The second kappa shape index (κ2) is 7.32. The summed E-state index contributed by atoms with van der Waals surface area (Å²) in [7, 11) is 1.16. The van der Waals surface area contributed by atoms with Crippen molar-refractivity contribution < 1.29 is 27.8 Å². The highest BCUT2D eigenvalue weighted by Gasteiger charge is 2.19. The minimum atomic E-state index is -1.79. The van der Waals surface area contributed by atoms with Gasteiger partial charge < -0.3 is 9.47 Å². The third kappa shape index (κ3) is 4.11. The summed E-state index contributed by atoms with van der Waals surface area (Å²) in [5.41, 5.74) is -0.400. The third-order valence-corrected chi connectivity index (χ3v) is 2.44. The van der Waals surface area contributed by atoms with Gasteiger partial charge in [0.25, 0.3) is 6.08 Å². The van der Waals surface area contributed by atoms with Crippen LogP contribution in [0.15, 0.2) is 30.0 Å². The maximum absolute atomic E-state index is 12.2. The average molecular weight is 285 g/mol. The van der Waals surface area contributed by atoms with Crippen molar-refractivity contribution in [3.8, 4) is 0 Å². The van der Waals surface area contributed by atoms with Crippen molar-refractivity contribution in [1.29, 1.82) is 0 Å². The van der Waals surface area contributed by atoms with E-state index in [0.29, 0.717) is 0 Å². The lowest BCUT2D eigenvalue weighted by molar-refractivity contribution is 0.0486. The summed E-state index contributed by atoms with van der Waals surface area (Å²) in [5.74, 6) is -1.59. The van der Waals surface area contributed by atoms with Crippen LogP contribution in [0.5, 0.6) is 0 Å². The van der Waals surface area contributed by atoms with Crippen molar-refractivity contribution in [2.24, 2.45) is 0 Å². The first-order valence-corrected chi connectivity index (χ1v) is 5.68. The summed E-state index contributed by atoms with van der Waals surface area (Å²) in [6.07, 6.45) is -0.548. The fourth-order valence-corrected chi connectivity index (χ4v) is 1.30. The van der Waals surface area contributed by atoms with E-state index in [1.165, 1.54) is 25.3 Å². The van der Waals surface area contributed by atoms with E-state index in [4.69, 9.17) is 4.74 Å². The van der Waals surface area contributed by atoms with Gasteiger partial charge in [0, 0.05) is 12.6 Å². The SMILES string of the molecule is COC(=O)c1ncccc1C(=O)OCCC(C)=C(F)F. The first-order chi connectivity index (χ1) is 9.47. The Morgan fingerprint density at radius 2 is 2.00 bits per heavy atom. The summed E-state index contributed by atoms with van der Waals surface area (Å²) >= 11 is 0. The molecule has 0 aliphatic carbocycles. The highest BCUT2D eigenvalue weighted by atomic mass is 19.3. The smallest absolute Gasteiger partial charge is 0.357 e. The Morgan fingerprint density at radius 3 is 2.60 bits per heavy atom. The molecule has 20 heavy (non-hydrogen) atoms. The van der Waals surface area contributed by atoms with Crippen LogP contribution in [0.1, 0.15) is 34.2 Å². The second-order valence-corrected chi connectivity index (χ2v) is 3.82. The minimum absolute atomic E-state index is 0.0679. The van der Waals surface area contributed by atoms with Crippen molar-refractivity contribution in [2.45, 2.75) is 13.3 Å². The van der Waals surface area contributed by atoms with Crippen LogP contribution in [0.2, 0.25) is 0 Å². The van der Waals surface area contributed by atoms with Crippen molar-refractivity contribution >= 4 is 11.9 Å². The second-order valence-electron chi connectivity index (χ2n) is 3.82. The van der Waals surface area contributed by atoms with Crippen molar-refractivity contribution in [3.05, 3.63) is 41.2 Å². The zero-order valence-electron chi connectivity index (χ0n) is 11.0. The molecule has 0 bridgehead atoms. The van der Waals surface area contributed by atoms with E-state index in [1.54, 1.807) is 0 Å². The molecule has 0 amide bonds. The topological polar surface area (TPSA) is 65.5 Å². The van der Waals surface area contributed by atoms with Crippen molar-refractivity contribution in [2.75, 3.05) is 13.7 Å². The summed E-state index contributed by atoms with van der Waals surface area (Å²) in [6, 6.07) is 2.80. The lowest BCUT2D eigenvalue weighted by Crippen LogP contribution is -2.15. The van der Waals surface area contributed by atoms with Gasteiger partial charge in [0.2, 0.25) is 0 Å². The number of carbonyl (C=O) groups excluding carboxylic acids is 2. The van der Waals surface area contributed by atoms with E-state index in [-0.39, 0.29) is 29.9 Å². The van der Waals surface area contributed by atoms with Crippen LogP contribution in [0.4, 0.5) is 8.78 Å². The molecule has 0 atom stereocenters. The Bertz CT molecular complexity index is 539. The van der Waals surface area contributed by atoms with Crippen LogP contribution >= 0.6 is 0 Å². The lowest BCUT2D eigenvalue weighted by Gasteiger charge is -2.07. The van der Waals surface area contributed by atoms with E-state index in [1.807, 2.05) is 0 Å². The third-order valence-electron chi connectivity index (χ3n) is 2.44. The quantitative estimate of drug-likeness (QED) is 0.778. The summed E-state index contributed by atoms with van der Waals surface area (Å²) in [6.45, 7) is 1.03. The fourth-order valence-electron chi connectivity index (χ4n) is 1.30. The molecule has 0 spiro atoms. The number of esters is 2. The predicted octanol–water partition coefficient (Wildman–Crippen LogP) is 2.59. The van der Waals surface area contributed by atoms with E-state index in [9.17, 15) is 18.4 Å². The van der Waals surface area contributed by atoms with Crippen LogP contribution in [-0.2, 0) is 9.47 Å². The van der Waals surface area contributed by atoms with Crippen LogP contribution in [0, 0.1) is 0 Å². The maximum Gasteiger partial charge on any atom is 0.357 e. The summed E-state index contributed by atoms with van der Waals surface area (Å²) in [5, 5.41) is 0. The van der Waals surface area contributed by atoms with E-state index < -0.39 is 18.0 Å². The number of rotatable bonds is 5. The Labute approximate surface area is 114 Å². The number of aromatic nitrogens is 1. The van der Waals surface area contributed by atoms with Crippen LogP contribution in [0.3, 0.4) is 0 Å². The van der Waals surface area contributed by atoms with Crippen molar-refractivity contribution in [3.63, 3.8) is 0 Å². The Hall–Kier alpha value is -2.31. The first-order valence-electron chi connectivity index (χ1n) is 5.68. The van der Waals surface area contributed by atoms with Gasteiger partial charge in [-0.25, -0.2) is 14.6 Å². The van der Waals surface area contributed by atoms with Gasteiger partial charge in [-0.1, -0.05) is 0 Å². The van der Waals surface area contributed by atoms with Crippen LogP contribution in [0.25, 0.3) is 0 Å². The Balaban J connectivity index is 2.74. The van der Waals surface area contributed by atoms with Gasteiger partial charge in [0.15, 0.2) is 5.69 Å². The summed E-state index contributed by atoms with van der Waals surface area (Å²) in [4.78, 5) is 26.9. The molecule has 0 radical (unpaired) electrons. The number of methoxy groups -OCH3 is 1. The number of hydrogen-bond donors (Lipinski definition) is 0. The molecule has 0 unspecified atom stereocenters. The number of carbonyl (C=O) groups is 2. The molecule has 108 valence electrons. The van der Waals surface area contributed by atoms with E-state index in [0.717, 1.165) is 7.11 Å². The molecule has 1 rings (SSSR count). The molecule has 7 heteroatoms. The van der Waals surface area contributed by atoms with E-state index >= 15 is 0 Å². The molecule has 1 aromatic heterocycles. The highest BCUT2D eigenvalue weighted by Crippen LogP contribution is 2.12. The highest BCUT2D eigenvalue weighted by molar-refractivity contribution is 6.01. The van der Waals surface area contributed by atoms with Crippen molar-refractivity contribution in [1.82, 2.24) is 4.98 Å². The van der Waals surface area contributed by atoms with E-state index in [2.05, 4.69) is 9.72 Å². The molecule has 0 saturated carbocycles. The average Bonchev–Trinajstić information content (AvgIpc) is 2.45. The molecular formula is C13H13F2NO4. The molecular weight excluding hydrogens is 272 g/mol. The molecule has 0 aliphatic rings. The van der Waals surface area contributed by atoms with Gasteiger partial charge in [0.1, 0.15) is 0 Å². The maximum atomic E-state index is 12.2. The number of pyridine rings is 1. The zero-order valence-corrected chi connectivity index (χ0v) is 11.0. The normalized spacial score (nSPS) is 9.80. The molecule has 0 fully saturated rings. The lowest BCUT2D eigenvalue weighted by atomic mass is 10.2. The predicted molar refractivity (Wildman–Crippen MR) is 65.4 cm³/mol. The Morgan fingerprint density at radius 1 is 1.30 bits per heavy atom. The number of nitrogens with zero attached hydrogens (tertiary/aromatic N) is 1. The van der Waals surface area contributed by atoms with Gasteiger partial charge in [-0.3, -0.25) is 0 Å².